The molecule has 1 aromatic rings. The summed E-state index contributed by atoms with van der Waals surface area (Å²) in [5, 5.41) is 4.28. The van der Waals surface area contributed by atoms with Crippen molar-refractivity contribution in [1.29, 1.82) is 0 Å². The molecule has 1 unspecified atom stereocenters. The highest BCUT2D eigenvalue weighted by Crippen LogP contribution is 2.54. The summed E-state index contributed by atoms with van der Waals surface area (Å²) in [7, 11) is 2.03. The largest absolute Gasteiger partial charge is 0.313 e. The number of aryl methyl sites for hydroxylation is 1. The van der Waals surface area contributed by atoms with Crippen LogP contribution < -0.4 is 5.32 Å². The van der Waals surface area contributed by atoms with Gasteiger partial charge in [0.2, 0.25) is 0 Å². The van der Waals surface area contributed by atoms with Gasteiger partial charge in [-0.25, -0.2) is 0 Å². The quantitative estimate of drug-likeness (QED) is 0.824. The highest BCUT2D eigenvalue weighted by Gasteiger charge is 2.44. The SMILES string of the molecule is CNC(c1ccc(C)c(Cl)c1)C1(C)CC1. The number of hydrogen-bond acceptors (Lipinski definition) is 1. The minimum Gasteiger partial charge on any atom is -0.313 e. The lowest BCUT2D eigenvalue weighted by molar-refractivity contribution is 0.390. The molecule has 1 saturated carbocycles. The zero-order valence-corrected chi connectivity index (χ0v) is 10.4. The van der Waals surface area contributed by atoms with Crippen molar-refractivity contribution in [2.75, 3.05) is 7.05 Å². The van der Waals surface area contributed by atoms with Crippen molar-refractivity contribution >= 4 is 11.6 Å². The van der Waals surface area contributed by atoms with Crippen LogP contribution in [0, 0.1) is 12.3 Å². The Kier molecular flexibility index (Phi) is 2.78. The first-order valence-corrected chi connectivity index (χ1v) is 5.88. The molecule has 1 aliphatic carbocycles. The van der Waals surface area contributed by atoms with Gasteiger partial charge in [-0.05, 0) is 49.4 Å². The van der Waals surface area contributed by atoms with Gasteiger partial charge in [0.05, 0.1) is 0 Å². The van der Waals surface area contributed by atoms with Crippen LogP contribution in [-0.2, 0) is 0 Å². The van der Waals surface area contributed by atoms with Crippen molar-refractivity contribution in [3.05, 3.63) is 34.3 Å². The van der Waals surface area contributed by atoms with E-state index in [1.54, 1.807) is 0 Å². The highest BCUT2D eigenvalue weighted by atomic mass is 35.5. The van der Waals surface area contributed by atoms with Gasteiger partial charge >= 0.3 is 0 Å². The van der Waals surface area contributed by atoms with Gasteiger partial charge in [-0.2, -0.15) is 0 Å². The third kappa shape index (κ3) is 2.04. The van der Waals surface area contributed by atoms with Crippen molar-refractivity contribution < 1.29 is 0 Å². The van der Waals surface area contributed by atoms with E-state index in [2.05, 4.69) is 30.4 Å². The standard InChI is InChI=1S/C13H18ClN/c1-9-4-5-10(8-11(9)14)12(15-3)13(2)6-7-13/h4-5,8,12,15H,6-7H2,1-3H3. The van der Waals surface area contributed by atoms with E-state index in [1.165, 1.54) is 18.4 Å². The Bertz CT molecular complexity index is 369. The Balaban J connectivity index is 2.31. The van der Waals surface area contributed by atoms with Crippen LogP contribution in [0.5, 0.6) is 0 Å². The van der Waals surface area contributed by atoms with Crippen LogP contribution in [0.15, 0.2) is 18.2 Å². The summed E-state index contributed by atoms with van der Waals surface area (Å²) < 4.78 is 0. The Morgan fingerprint density at radius 2 is 2.07 bits per heavy atom. The fraction of sp³-hybridized carbons (Fsp3) is 0.538. The number of benzene rings is 1. The van der Waals surface area contributed by atoms with Crippen LogP contribution in [0.3, 0.4) is 0 Å². The molecule has 1 aromatic carbocycles. The Morgan fingerprint density at radius 1 is 1.40 bits per heavy atom. The maximum atomic E-state index is 6.16. The summed E-state index contributed by atoms with van der Waals surface area (Å²) in [4.78, 5) is 0. The van der Waals surface area contributed by atoms with Gasteiger partial charge in [-0.1, -0.05) is 30.7 Å². The monoisotopic (exact) mass is 223 g/mol. The van der Waals surface area contributed by atoms with Gasteiger partial charge in [0, 0.05) is 11.1 Å². The maximum Gasteiger partial charge on any atom is 0.0438 e. The van der Waals surface area contributed by atoms with E-state index >= 15 is 0 Å². The average molecular weight is 224 g/mol. The number of rotatable bonds is 3. The van der Waals surface area contributed by atoms with E-state index in [1.807, 2.05) is 14.0 Å². The molecule has 0 saturated heterocycles. The molecule has 0 radical (unpaired) electrons. The van der Waals surface area contributed by atoms with Crippen molar-refractivity contribution in [2.45, 2.75) is 32.7 Å². The molecule has 0 amide bonds. The van der Waals surface area contributed by atoms with E-state index < -0.39 is 0 Å². The minimum absolute atomic E-state index is 0.438. The summed E-state index contributed by atoms with van der Waals surface area (Å²) in [6.45, 7) is 4.38. The predicted molar refractivity (Wildman–Crippen MR) is 65.3 cm³/mol. The van der Waals surface area contributed by atoms with Crippen LogP contribution in [0.4, 0.5) is 0 Å². The molecular formula is C13H18ClN. The van der Waals surface area contributed by atoms with E-state index in [0.717, 1.165) is 10.6 Å². The summed E-state index contributed by atoms with van der Waals surface area (Å²) in [5.74, 6) is 0. The topological polar surface area (TPSA) is 12.0 Å². The van der Waals surface area contributed by atoms with Crippen LogP contribution in [0.2, 0.25) is 5.02 Å². The molecule has 0 aliphatic heterocycles. The van der Waals surface area contributed by atoms with Crippen molar-refractivity contribution in [2.24, 2.45) is 5.41 Å². The summed E-state index contributed by atoms with van der Waals surface area (Å²) in [6, 6.07) is 6.83. The van der Waals surface area contributed by atoms with E-state index in [-0.39, 0.29) is 0 Å². The molecule has 15 heavy (non-hydrogen) atoms. The average Bonchev–Trinajstić information content (AvgIpc) is 2.92. The normalized spacial score (nSPS) is 20.0. The van der Waals surface area contributed by atoms with Gasteiger partial charge in [0.25, 0.3) is 0 Å². The van der Waals surface area contributed by atoms with Crippen molar-refractivity contribution in [3.63, 3.8) is 0 Å². The second kappa shape index (κ2) is 3.80. The molecule has 82 valence electrons. The Morgan fingerprint density at radius 3 is 2.53 bits per heavy atom. The molecule has 1 aliphatic rings. The first-order valence-electron chi connectivity index (χ1n) is 5.50. The number of hydrogen-bond donors (Lipinski definition) is 1. The fourth-order valence-electron chi connectivity index (χ4n) is 2.19. The van der Waals surface area contributed by atoms with Crippen molar-refractivity contribution in [1.82, 2.24) is 5.32 Å². The Labute approximate surface area is 96.8 Å². The molecule has 0 heterocycles. The van der Waals surface area contributed by atoms with Crippen LogP contribution in [0.25, 0.3) is 0 Å². The second-order valence-electron chi connectivity index (χ2n) is 4.88. The van der Waals surface area contributed by atoms with Crippen molar-refractivity contribution in [3.8, 4) is 0 Å². The van der Waals surface area contributed by atoms with E-state index in [0.29, 0.717) is 11.5 Å². The van der Waals surface area contributed by atoms with Gasteiger partial charge in [-0.3, -0.25) is 0 Å². The third-order valence-corrected chi connectivity index (χ3v) is 3.96. The molecule has 1 nitrogen and oxygen atoms in total. The molecule has 0 spiro atoms. The smallest absolute Gasteiger partial charge is 0.0438 e. The molecule has 2 heteroatoms. The van der Waals surface area contributed by atoms with Gasteiger partial charge in [-0.15, -0.1) is 0 Å². The molecule has 0 aromatic heterocycles. The molecular weight excluding hydrogens is 206 g/mol. The lowest BCUT2D eigenvalue weighted by atomic mass is 9.91. The molecule has 1 N–H and O–H groups in total. The van der Waals surface area contributed by atoms with Crippen LogP contribution in [-0.4, -0.2) is 7.05 Å². The van der Waals surface area contributed by atoms with Gasteiger partial charge < -0.3 is 5.32 Å². The third-order valence-electron chi connectivity index (χ3n) is 3.55. The zero-order valence-electron chi connectivity index (χ0n) is 9.60. The summed E-state index contributed by atoms with van der Waals surface area (Å²) in [6.07, 6.45) is 2.62. The second-order valence-corrected chi connectivity index (χ2v) is 5.29. The first-order chi connectivity index (χ1) is 7.07. The predicted octanol–water partition coefficient (Wildman–Crippen LogP) is 3.71. The van der Waals surface area contributed by atoms with Gasteiger partial charge in [0.15, 0.2) is 0 Å². The van der Waals surface area contributed by atoms with Crippen LogP contribution in [0.1, 0.15) is 36.9 Å². The molecule has 0 bridgehead atoms. The van der Waals surface area contributed by atoms with E-state index in [9.17, 15) is 0 Å². The summed E-state index contributed by atoms with van der Waals surface area (Å²) >= 11 is 6.16. The van der Waals surface area contributed by atoms with E-state index in [4.69, 9.17) is 11.6 Å². The molecule has 1 atom stereocenters. The molecule has 1 fully saturated rings. The van der Waals surface area contributed by atoms with Crippen LogP contribution >= 0.6 is 11.6 Å². The first kappa shape index (κ1) is 11.0. The number of nitrogens with one attached hydrogen (secondary N) is 1. The molecule has 2 rings (SSSR count). The van der Waals surface area contributed by atoms with Gasteiger partial charge in [0.1, 0.15) is 0 Å². The number of halogens is 1. The zero-order chi connectivity index (χ0) is 11.1. The summed E-state index contributed by atoms with van der Waals surface area (Å²) in [5.41, 5.74) is 2.90. The fourth-order valence-corrected chi connectivity index (χ4v) is 2.38. The maximum absolute atomic E-state index is 6.16. The lowest BCUT2D eigenvalue weighted by Crippen LogP contribution is -2.24. The Hall–Kier alpha value is -0.530. The lowest BCUT2D eigenvalue weighted by Gasteiger charge is -2.24. The highest BCUT2D eigenvalue weighted by molar-refractivity contribution is 6.31. The minimum atomic E-state index is 0.438.